The van der Waals surface area contributed by atoms with E-state index in [1.165, 1.54) is 0 Å². The first-order valence-corrected chi connectivity index (χ1v) is 0.855. The first-order chi connectivity index (χ1) is 2.83. The van der Waals surface area contributed by atoms with Crippen LogP contribution in [0.3, 0.4) is 0 Å². The Balaban J connectivity index is -0.00000000400. The van der Waals surface area contributed by atoms with E-state index in [1.807, 2.05) is 0 Å². The van der Waals surface area contributed by atoms with Crippen molar-refractivity contribution in [2.45, 2.75) is 0 Å². The van der Waals surface area contributed by atoms with E-state index < -0.39 is 0 Å². The molecule has 0 spiro atoms. The predicted molar refractivity (Wildman–Crippen MR) is 32.3 cm³/mol. The van der Waals surface area contributed by atoms with Gasteiger partial charge in [0, 0.05) is 0 Å². The molecule has 0 amide bonds. The van der Waals surface area contributed by atoms with Crippen molar-refractivity contribution < 1.29 is 28.1 Å². The van der Waals surface area contributed by atoms with Crippen LogP contribution in [0, 0.1) is 0 Å². The SMILES string of the molecule is O=[C-]O.O=[C-]O.[Al+3].[Ca+2].[H-].[H-].[OH-]. The second-order valence-electron chi connectivity index (χ2n) is 0.183. The molecule has 0 aliphatic heterocycles. The molecule has 0 saturated heterocycles. The van der Waals surface area contributed by atoms with E-state index in [0.29, 0.717) is 12.9 Å². The van der Waals surface area contributed by atoms with Gasteiger partial charge in [-0.05, 0) is 0 Å². The third kappa shape index (κ3) is 812. The first kappa shape index (κ1) is 33.3. The minimum atomic E-state index is 0. The van der Waals surface area contributed by atoms with Gasteiger partial charge in [0.05, 0.1) is 0 Å². The van der Waals surface area contributed by atoms with Gasteiger partial charge < -0.3 is 28.1 Å². The van der Waals surface area contributed by atoms with Gasteiger partial charge in [-0.1, -0.05) is 12.9 Å². The Morgan fingerprint density at radius 2 is 1.11 bits per heavy atom. The zero-order valence-corrected chi connectivity index (χ0v) is 7.81. The summed E-state index contributed by atoms with van der Waals surface area (Å²) >= 11 is 0. The fraction of sp³-hybridized carbons (Fsp3) is 0. The van der Waals surface area contributed by atoms with Crippen LogP contribution in [0.4, 0.5) is 0 Å². The number of hydrogen-bond donors (Lipinski definition) is 2. The average Bonchev–Trinajstić information content (AvgIpc) is 1.39. The molecule has 3 N–H and O–H groups in total. The minimum Gasteiger partial charge on any atom is -1.00 e. The van der Waals surface area contributed by atoms with Crippen LogP contribution in [0.25, 0.3) is 0 Å². The zero-order chi connectivity index (χ0) is 5.41. The molecule has 0 saturated carbocycles. The molecular weight excluding hydrogens is 171 g/mol. The molecule has 0 heterocycles. The van der Waals surface area contributed by atoms with Crippen molar-refractivity contribution in [3.05, 3.63) is 0 Å². The van der Waals surface area contributed by atoms with E-state index in [9.17, 15) is 0 Å². The molecule has 0 aliphatic rings. The van der Waals surface area contributed by atoms with Crippen LogP contribution in [-0.2, 0) is 9.59 Å². The van der Waals surface area contributed by atoms with Gasteiger partial charge in [-0.3, -0.25) is 0 Å². The summed E-state index contributed by atoms with van der Waals surface area (Å²) in [6, 6.07) is 0. The smallest absolute Gasteiger partial charge is 1.00 e. The standard InChI is InChI=1S/2CHO2.Al.Ca.H2O.2H/c2*2-1-3;;;;;/h2*(H,2,3);;;1H2;;/q2*-1;+3;+2;;2*-1/p-1. The van der Waals surface area contributed by atoms with Gasteiger partial charge in [0.2, 0.25) is 0 Å². The molecule has 0 aromatic rings. The van der Waals surface area contributed by atoms with Crippen molar-refractivity contribution in [1.82, 2.24) is 0 Å². The molecule has 0 rings (SSSR count). The molecule has 0 aromatic carbocycles. The summed E-state index contributed by atoms with van der Waals surface area (Å²) in [7, 11) is 0. The summed E-state index contributed by atoms with van der Waals surface area (Å²) < 4.78 is 0. The second kappa shape index (κ2) is 71.0. The third-order valence-electron chi connectivity index (χ3n) is 0. The molecule has 5 nitrogen and oxygen atoms in total. The van der Waals surface area contributed by atoms with Crippen LogP contribution in [-0.4, -0.2) is 83.7 Å². The van der Waals surface area contributed by atoms with E-state index in [0.717, 1.165) is 0 Å². The Morgan fingerprint density at radius 1 is 1.11 bits per heavy atom. The fourth-order valence-corrected chi connectivity index (χ4v) is 0. The van der Waals surface area contributed by atoms with Crippen molar-refractivity contribution in [2.24, 2.45) is 0 Å². The summed E-state index contributed by atoms with van der Waals surface area (Å²) in [5.74, 6) is 0. The molecule has 7 heteroatoms. The number of aliphatic hydroxyl groups excluding tert-OH is 2. The van der Waals surface area contributed by atoms with Crippen molar-refractivity contribution in [3.8, 4) is 0 Å². The molecule has 0 aromatic heterocycles. The van der Waals surface area contributed by atoms with Gasteiger partial charge in [0.1, 0.15) is 0 Å². The van der Waals surface area contributed by atoms with Crippen molar-refractivity contribution in [3.63, 3.8) is 0 Å². The molecule has 9 heavy (non-hydrogen) atoms. The van der Waals surface area contributed by atoms with Crippen LogP contribution in [0.2, 0.25) is 0 Å². The largest absolute Gasteiger partial charge is 3.00 e. The van der Waals surface area contributed by atoms with Crippen molar-refractivity contribution >= 4 is 68.0 Å². The molecule has 0 aliphatic carbocycles. The van der Waals surface area contributed by atoms with Crippen LogP contribution in [0.1, 0.15) is 2.85 Å². The van der Waals surface area contributed by atoms with Crippen LogP contribution < -0.4 is 0 Å². The Labute approximate surface area is 95.5 Å². The van der Waals surface area contributed by atoms with Crippen molar-refractivity contribution in [2.75, 3.05) is 0 Å². The molecule has 0 fully saturated rings. The molecule has 0 bridgehead atoms. The second-order valence-corrected chi connectivity index (χ2v) is 0.183. The van der Waals surface area contributed by atoms with Gasteiger partial charge >= 0.3 is 55.1 Å². The molecule has 48 valence electrons. The van der Waals surface area contributed by atoms with Crippen molar-refractivity contribution in [1.29, 1.82) is 0 Å². The molecule has 0 atom stereocenters. The predicted octanol–water partition coefficient (Wildman–Crippen LogP) is -1.49. The maximum Gasteiger partial charge on any atom is 3.00 e. The quantitative estimate of drug-likeness (QED) is 0.345. The summed E-state index contributed by atoms with van der Waals surface area (Å²) in [4.78, 5) is 16.5. The monoisotopic (exact) mass is 176 g/mol. The summed E-state index contributed by atoms with van der Waals surface area (Å²) in [5.41, 5.74) is 0. The zero-order valence-electron chi connectivity index (χ0n) is 6.44. The topological polar surface area (TPSA) is 105 Å². The third-order valence-corrected chi connectivity index (χ3v) is 0. The molecule has 0 radical (unpaired) electrons. The Hall–Kier alpha value is 0.692. The summed E-state index contributed by atoms with van der Waals surface area (Å²) in [6.45, 7) is 1.00. The Morgan fingerprint density at radius 3 is 1.11 bits per heavy atom. The van der Waals surface area contributed by atoms with E-state index in [-0.39, 0.29) is 63.4 Å². The van der Waals surface area contributed by atoms with Gasteiger partial charge in [0.15, 0.2) is 0 Å². The Bertz CT molecular complexity index is 43.5. The van der Waals surface area contributed by atoms with E-state index in [4.69, 9.17) is 19.8 Å². The van der Waals surface area contributed by atoms with Crippen LogP contribution >= 0.6 is 0 Å². The maximum atomic E-state index is 8.24. The van der Waals surface area contributed by atoms with E-state index in [2.05, 4.69) is 0 Å². The minimum absolute atomic E-state index is 0. The normalized spacial score (nSPS) is 2.67. The van der Waals surface area contributed by atoms with E-state index >= 15 is 0 Å². The average molecular weight is 176 g/mol. The maximum absolute atomic E-state index is 8.24. The van der Waals surface area contributed by atoms with Gasteiger partial charge in [-0.2, -0.15) is 0 Å². The first-order valence-electron chi connectivity index (χ1n) is 0.855. The fourth-order valence-electron chi connectivity index (χ4n) is 0. The van der Waals surface area contributed by atoms with Gasteiger partial charge in [-0.15, -0.1) is 0 Å². The van der Waals surface area contributed by atoms with Gasteiger partial charge in [-0.25, -0.2) is 0 Å². The van der Waals surface area contributed by atoms with Crippen LogP contribution in [0.5, 0.6) is 0 Å². The molecule has 0 unspecified atom stereocenters. The summed E-state index contributed by atoms with van der Waals surface area (Å²) in [5, 5.41) is 13.5. The van der Waals surface area contributed by atoms with E-state index in [1.54, 1.807) is 0 Å². The number of rotatable bonds is 0. The van der Waals surface area contributed by atoms with Crippen LogP contribution in [0.15, 0.2) is 0 Å². The molecular formula is C2H5AlCaO5. The van der Waals surface area contributed by atoms with Gasteiger partial charge in [0.25, 0.3) is 0 Å². The number of hydrogen-bond acceptors (Lipinski definition) is 3. The Kier molecular flexibility index (Phi) is 262. The summed E-state index contributed by atoms with van der Waals surface area (Å²) in [6.07, 6.45) is 0.